The van der Waals surface area contributed by atoms with Crippen molar-refractivity contribution < 1.29 is 60.6 Å². The van der Waals surface area contributed by atoms with E-state index in [9.17, 15) is 18.3 Å². The zero-order valence-electron chi connectivity index (χ0n) is 12.9. The third-order valence-corrected chi connectivity index (χ3v) is 6.97. The molecule has 0 saturated carbocycles. The van der Waals surface area contributed by atoms with Crippen LogP contribution in [0.2, 0.25) is 0 Å². The molecule has 0 amide bonds. The monoisotopic (exact) mass is 439 g/mol. The van der Waals surface area contributed by atoms with Gasteiger partial charge >= 0.3 is 31.3 Å². The summed E-state index contributed by atoms with van der Waals surface area (Å²) in [7, 11) is -22.6. The minimum atomic E-state index is -5.77. The molecule has 0 aliphatic carbocycles. The average molecular weight is 439 g/mol. The van der Waals surface area contributed by atoms with Crippen molar-refractivity contribution >= 4 is 31.3 Å². The molecule has 0 saturated heterocycles. The first-order valence-electron chi connectivity index (χ1n) is 6.10. The van der Waals surface area contributed by atoms with Gasteiger partial charge in [-0.2, -0.15) is 12.9 Å². The van der Waals surface area contributed by atoms with Gasteiger partial charge in [-0.15, -0.1) is 0 Å². The molecule has 0 aromatic heterocycles. The van der Waals surface area contributed by atoms with Crippen molar-refractivity contribution in [3.05, 3.63) is 0 Å². The quantitative estimate of drug-likeness (QED) is 0.273. The Bertz CT molecular complexity index is 501. The van der Waals surface area contributed by atoms with Crippen LogP contribution in [0.3, 0.4) is 0 Å². The molecule has 0 heterocycles. The first kappa shape index (κ1) is 26.7. The Labute approximate surface area is 138 Å². The summed E-state index contributed by atoms with van der Waals surface area (Å²) in [6.07, 6.45) is 0. The second-order valence-corrected chi connectivity index (χ2v) is 9.58. The molecule has 0 aromatic rings. The van der Waals surface area contributed by atoms with Crippen LogP contribution in [0.4, 0.5) is 0 Å². The summed E-state index contributed by atoms with van der Waals surface area (Å²) in [5.41, 5.74) is 0. The van der Waals surface area contributed by atoms with Crippen molar-refractivity contribution in [2.24, 2.45) is 0 Å². The second kappa shape index (κ2) is 10.6. The number of hydrogen-bond acceptors (Lipinski definition) is 8. The van der Waals surface area contributed by atoms with Gasteiger partial charge in [-0.1, -0.05) is 20.8 Å². The van der Waals surface area contributed by atoms with Crippen molar-refractivity contribution in [3.8, 4) is 0 Å². The summed E-state index contributed by atoms with van der Waals surface area (Å²) in [6, 6.07) is 0. The van der Waals surface area contributed by atoms with E-state index < -0.39 is 31.3 Å². The van der Waals surface area contributed by atoms with Gasteiger partial charge in [-0.25, -0.2) is 18.3 Å². The molecule has 0 bridgehead atoms. The number of phosphoric acid groups is 4. The van der Waals surface area contributed by atoms with Gasteiger partial charge < -0.3 is 34.3 Å². The van der Waals surface area contributed by atoms with E-state index in [1.54, 1.807) is 0 Å². The van der Waals surface area contributed by atoms with Crippen molar-refractivity contribution in [1.29, 1.82) is 0 Å². The maximum atomic E-state index is 10.7. The van der Waals surface area contributed by atoms with Crippen LogP contribution in [-0.2, 0) is 31.2 Å². The van der Waals surface area contributed by atoms with Crippen LogP contribution in [0.25, 0.3) is 0 Å². The third-order valence-electron chi connectivity index (χ3n) is 1.97. The van der Waals surface area contributed by atoms with Crippen molar-refractivity contribution in [2.75, 3.05) is 19.6 Å². The minimum Gasteiger partial charge on any atom is -0.304 e. The Balaban J connectivity index is 0. The molecule has 0 spiro atoms. The highest BCUT2D eigenvalue weighted by Gasteiger charge is 2.43. The Morgan fingerprint density at radius 3 is 1.00 bits per heavy atom. The summed E-state index contributed by atoms with van der Waals surface area (Å²) in [6.45, 7) is 10.1. The van der Waals surface area contributed by atoms with E-state index in [2.05, 4.69) is 38.6 Å². The largest absolute Gasteiger partial charge is 0.490 e. The van der Waals surface area contributed by atoms with E-state index in [0.717, 1.165) is 0 Å². The number of nitrogens with zero attached hydrogens (tertiary/aromatic N) is 1. The van der Waals surface area contributed by atoms with E-state index >= 15 is 0 Å². The summed E-state index contributed by atoms with van der Waals surface area (Å²) >= 11 is 0. The van der Waals surface area contributed by atoms with Gasteiger partial charge in [-0.05, 0) is 19.6 Å². The Morgan fingerprint density at radius 1 is 0.625 bits per heavy atom. The molecule has 148 valence electrons. The van der Waals surface area contributed by atoms with Gasteiger partial charge in [0.2, 0.25) is 0 Å². The van der Waals surface area contributed by atoms with E-state index in [4.69, 9.17) is 29.4 Å². The summed E-state index contributed by atoms with van der Waals surface area (Å²) in [5, 5.41) is 0. The second-order valence-electron chi connectivity index (χ2n) is 3.78. The van der Waals surface area contributed by atoms with Crippen LogP contribution in [0.15, 0.2) is 0 Å². The molecule has 0 aliphatic rings. The Morgan fingerprint density at radius 2 is 0.875 bits per heavy atom. The van der Waals surface area contributed by atoms with Crippen LogP contribution in [-0.4, -0.2) is 53.9 Å². The van der Waals surface area contributed by atoms with Gasteiger partial charge in [0.05, 0.1) is 0 Å². The predicted molar refractivity (Wildman–Crippen MR) is 80.5 cm³/mol. The smallest absolute Gasteiger partial charge is 0.304 e. The molecule has 6 N–H and O–H groups in total. The molecule has 0 rings (SSSR count). The fourth-order valence-electron chi connectivity index (χ4n) is 1.10. The van der Waals surface area contributed by atoms with E-state index in [1.165, 1.54) is 19.6 Å². The van der Waals surface area contributed by atoms with Crippen LogP contribution < -0.4 is 0 Å². The first-order valence-corrected chi connectivity index (χ1v) is 12.1. The lowest BCUT2D eigenvalue weighted by molar-refractivity contribution is 0.194. The molecule has 18 heteroatoms. The van der Waals surface area contributed by atoms with Crippen LogP contribution in [0.1, 0.15) is 20.8 Å². The predicted octanol–water partition coefficient (Wildman–Crippen LogP) is 0.771. The molecule has 0 fully saturated rings. The lowest BCUT2D eigenvalue weighted by Crippen LogP contribution is -2.21. The van der Waals surface area contributed by atoms with Crippen molar-refractivity contribution in [3.63, 3.8) is 0 Å². The Kier molecular flexibility index (Phi) is 11.8. The lowest BCUT2D eigenvalue weighted by atomic mass is 10.5. The standard InChI is InChI=1S/C6H15N.H6O13P4/c1-4-7(5-2)6-3;1-14(2,3)11-16(7,8)13-17(9,10)12-15(4,5)6/h4-6H2,1-3H3;(H,7,8)(H,9,10)(H2,1,2,3)(H2,4,5,6). The molecule has 0 radical (unpaired) electrons. The van der Waals surface area contributed by atoms with Gasteiger partial charge in [0, 0.05) is 0 Å². The topological polar surface area (TPSA) is 221 Å². The molecule has 0 aromatic carbocycles. The lowest BCUT2D eigenvalue weighted by Gasteiger charge is -2.15. The highest BCUT2D eigenvalue weighted by molar-refractivity contribution is 7.69. The summed E-state index contributed by atoms with van der Waals surface area (Å²) < 4.78 is 50.9. The molecular formula is C6H21NO13P4. The van der Waals surface area contributed by atoms with Crippen LogP contribution in [0, 0.1) is 0 Å². The molecule has 0 aliphatic heterocycles. The minimum absolute atomic E-state index is 1.19. The number of hydrogen-bond donors (Lipinski definition) is 6. The zero-order valence-corrected chi connectivity index (χ0v) is 16.5. The normalized spacial score (nSPS) is 17.6. The van der Waals surface area contributed by atoms with Gasteiger partial charge in [0.1, 0.15) is 0 Å². The molecule has 14 nitrogen and oxygen atoms in total. The maximum Gasteiger partial charge on any atom is 0.490 e. The zero-order chi connectivity index (χ0) is 19.8. The third kappa shape index (κ3) is 17.3. The SMILES string of the molecule is CCN(CC)CC.O=P(O)(O)OP(=O)(O)OP(=O)(O)OP(=O)(O)O. The maximum absolute atomic E-state index is 10.7. The first-order chi connectivity index (χ1) is 10.5. The molecule has 2 atom stereocenters. The van der Waals surface area contributed by atoms with Crippen LogP contribution in [0.5, 0.6) is 0 Å². The Hall–Kier alpha value is 0.520. The summed E-state index contributed by atoms with van der Waals surface area (Å²) in [5.74, 6) is 0. The van der Waals surface area contributed by atoms with Gasteiger partial charge in [0.25, 0.3) is 0 Å². The average Bonchev–Trinajstić information content (AvgIpc) is 2.23. The molecule has 24 heavy (non-hydrogen) atoms. The van der Waals surface area contributed by atoms with E-state index in [1.807, 2.05) is 0 Å². The molecular weight excluding hydrogens is 418 g/mol. The van der Waals surface area contributed by atoms with Crippen LogP contribution >= 0.6 is 31.3 Å². The highest BCUT2D eigenvalue weighted by atomic mass is 31.3. The van der Waals surface area contributed by atoms with E-state index in [-0.39, 0.29) is 0 Å². The fourth-order valence-corrected chi connectivity index (χ4v) is 5.07. The van der Waals surface area contributed by atoms with E-state index in [0.29, 0.717) is 0 Å². The highest BCUT2D eigenvalue weighted by Crippen LogP contribution is 2.69. The van der Waals surface area contributed by atoms with Crippen molar-refractivity contribution in [1.82, 2.24) is 4.90 Å². The number of rotatable bonds is 9. The fraction of sp³-hybridized carbons (Fsp3) is 1.00. The molecule has 2 unspecified atom stereocenters. The van der Waals surface area contributed by atoms with Gasteiger partial charge in [-0.3, -0.25) is 0 Å². The van der Waals surface area contributed by atoms with Gasteiger partial charge in [0.15, 0.2) is 0 Å². The summed E-state index contributed by atoms with van der Waals surface area (Å²) in [4.78, 5) is 51.8. The van der Waals surface area contributed by atoms with Crippen molar-refractivity contribution in [2.45, 2.75) is 20.8 Å².